The summed E-state index contributed by atoms with van der Waals surface area (Å²) in [6.07, 6.45) is 2.17. The van der Waals surface area contributed by atoms with Gasteiger partial charge in [-0.15, -0.1) is 0 Å². The number of rotatable bonds is 9. The minimum absolute atomic E-state index is 0.0504. The van der Waals surface area contributed by atoms with Crippen LogP contribution in [-0.2, 0) is 9.22 Å². The van der Waals surface area contributed by atoms with Crippen LogP contribution in [0.3, 0.4) is 0 Å². The zero-order valence-electron chi connectivity index (χ0n) is 20.6. The number of Topliss-reactive ketones (excluding diaryl/α,β-unsaturated/α-hetero) is 1. The van der Waals surface area contributed by atoms with Crippen molar-refractivity contribution < 1.29 is 18.7 Å². The third kappa shape index (κ3) is 5.94. The summed E-state index contributed by atoms with van der Waals surface area (Å²) in [5.74, 6) is 1.47. The summed E-state index contributed by atoms with van der Waals surface area (Å²) < 4.78 is 18.6. The second-order valence-corrected chi connectivity index (χ2v) is 15.3. The average Bonchev–Trinajstić information content (AvgIpc) is 3.23. The average molecular weight is 461 g/mol. The summed E-state index contributed by atoms with van der Waals surface area (Å²) in [6, 6.07) is 5.97. The first kappa shape index (κ1) is 24.8. The normalized spacial score (nSPS) is 18.8. The summed E-state index contributed by atoms with van der Waals surface area (Å²) in [4.78, 5) is 14.5. The molecule has 0 unspecified atom stereocenters. The number of carbonyl (C=O) groups is 1. The van der Waals surface area contributed by atoms with Gasteiger partial charge in [0, 0.05) is 13.5 Å². The minimum Gasteiger partial charge on any atom is -0.486 e. The van der Waals surface area contributed by atoms with Gasteiger partial charge in [-0.1, -0.05) is 33.4 Å². The van der Waals surface area contributed by atoms with E-state index in [4.69, 9.17) is 13.9 Å². The van der Waals surface area contributed by atoms with Gasteiger partial charge in [-0.25, -0.2) is 0 Å². The van der Waals surface area contributed by atoms with Gasteiger partial charge in [0.1, 0.15) is 13.2 Å². The van der Waals surface area contributed by atoms with Crippen LogP contribution in [0.15, 0.2) is 30.5 Å². The number of carbonyl (C=O) groups excluding carboxylic acids is 1. The van der Waals surface area contributed by atoms with Crippen LogP contribution in [0, 0.1) is 0 Å². The molecule has 0 amide bonds. The van der Waals surface area contributed by atoms with Gasteiger partial charge in [0.05, 0.1) is 17.8 Å². The van der Waals surface area contributed by atoms with Crippen LogP contribution in [0.5, 0.6) is 11.5 Å². The van der Waals surface area contributed by atoms with Gasteiger partial charge in [0.25, 0.3) is 0 Å². The molecule has 32 heavy (non-hydrogen) atoms. The second-order valence-electron chi connectivity index (χ2n) is 10.5. The Labute approximate surface area is 194 Å². The van der Waals surface area contributed by atoms with Gasteiger partial charge >= 0.3 is 0 Å². The van der Waals surface area contributed by atoms with Crippen molar-refractivity contribution in [3.8, 4) is 11.5 Å². The van der Waals surface area contributed by atoms with Gasteiger partial charge in [-0.3, -0.25) is 4.79 Å². The highest BCUT2D eigenvalue weighted by molar-refractivity contribution is 6.74. The van der Waals surface area contributed by atoms with Crippen LogP contribution in [0.25, 0.3) is 0 Å². The summed E-state index contributed by atoms with van der Waals surface area (Å²) >= 11 is 0. The lowest BCUT2D eigenvalue weighted by atomic mass is 10.0. The lowest BCUT2D eigenvalue weighted by Gasteiger charge is -2.43. The molecule has 0 aromatic heterocycles. The number of ether oxygens (including phenoxy) is 2. The Balaban J connectivity index is 2.00. The van der Waals surface area contributed by atoms with Crippen LogP contribution < -0.4 is 14.8 Å². The van der Waals surface area contributed by atoms with E-state index < -0.39 is 8.32 Å². The molecule has 2 heterocycles. The molecule has 1 aromatic rings. The van der Waals surface area contributed by atoms with E-state index in [1.807, 2.05) is 12.1 Å². The van der Waals surface area contributed by atoms with Crippen molar-refractivity contribution in [2.75, 3.05) is 32.8 Å². The third-order valence-corrected chi connectivity index (χ3v) is 11.4. The molecule has 6 nitrogen and oxygen atoms in total. The van der Waals surface area contributed by atoms with Gasteiger partial charge in [-0.05, 0) is 61.8 Å². The lowest BCUT2D eigenvalue weighted by molar-refractivity contribution is -0.114. The van der Waals surface area contributed by atoms with Gasteiger partial charge in [0.2, 0.25) is 0 Å². The van der Waals surface area contributed by atoms with E-state index in [1.165, 1.54) is 12.8 Å². The Morgan fingerprint density at radius 3 is 2.41 bits per heavy atom. The number of allylic oxidation sites excluding steroid dienone is 1. The summed E-state index contributed by atoms with van der Waals surface area (Å²) in [7, 11) is -2.13. The van der Waals surface area contributed by atoms with Crippen LogP contribution in [0.1, 0.15) is 52.2 Å². The van der Waals surface area contributed by atoms with Crippen molar-refractivity contribution >= 4 is 14.1 Å². The Morgan fingerprint density at radius 2 is 1.81 bits per heavy atom. The fourth-order valence-corrected chi connectivity index (χ4v) is 5.19. The molecule has 1 N–H and O–H groups in total. The van der Waals surface area contributed by atoms with Crippen molar-refractivity contribution in [3.63, 3.8) is 0 Å². The first-order valence-electron chi connectivity index (χ1n) is 11.7. The monoisotopic (exact) mass is 460 g/mol. The zero-order chi connectivity index (χ0) is 23.5. The van der Waals surface area contributed by atoms with E-state index >= 15 is 0 Å². The van der Waals surface area contributed by atoms with E-state index in [1.54, 1.807) is 6.92 Å². The summed E-state index contributed by atoms with van der Waals surface area (Å²) in [5.41, 5.74) is 1.46. The maximum atomic E-state index is 12.1. The van der Waals surface area contributed by atoms with Crippen LogP contribution >= 0.6 is 0 Å². The summed E-state index contributed by atoms with van der Waals surface area (Å²) in [6.45, 7) is 20.9. The molecule has 3 rings (SSSR count). The van der Waals surface area contributed by atoms with E-state index in [-0.39, 0.29) is 23.0 Å². The molecule has 1 fully saturated rings. The number of hydrogen-bond acceptors (Lipinski definition) is 6. The molecule has 2 aliphatic rings. The molecular weight excluding hydrogens is 420 g/mol. The molecule has 0 spiro atoms. The fourth-order valence-electron chi connectivity index (χ4n) is 3.90. The molecule has 2 aliphatic heterocycles. The number of nitrogens with zero attached hydrogens (tertiary/aromatic N) is 1. The third-order valence-electron chi connectivity index (χ3n) is 6.93. The molecule has 0 saturated carbocycles. The topological polar surface area (TPSA) is 60.0 Å². The smallest absolute Gasteiger partial charge is 0.193 e. The van der Waals surface area contributed by atoms with Gasteiger partial charge in [-0.2, -0.15) is 0 Å². The van der Waals surface area contributed by atoms with Crippen molar-refractivity contribution in [1.82, 2.24) is 10.2 Å². The Morgan fingerprint density at radius 1 is 1.19 bits per heavy atom. The molecule has 1 saturated heterocycles. The van der Waals surface area contributed by atoms with Crippen molar-refractivity contribution in [2.45, 2.75) is 70.8 Å². The minimum atomic E-state index is -2.13. The van der Waals surface area contributed by atoms with Crippen molar-refractivity contribution in [3.05, 3.63) is 36.0 Å². The molecule has 7 heteroatoms. The van der Waals surface area contributed by atoms with Gasteiger partial charge in [0.15, 0.2) is 25.6 Å². The fraction of sp³-hybridized carbons (Fsp3) is 0.640. The highest BCUT2D eigenvalue weighted by Crippen LogP contribution is 2.42. The Hall–Kier alpha value is -1.83. The van der Waals surface area contributed by atoms with Gasteiger partial charge < -0.3 is 24.1 Å². The number of nitrogens with one attached hydrogen (secondary N) is 1. The van der Waals surface area contributed by atoms with Crippen molar-refractivity contribution in [1.29, 1.82) is 0 Å². The molecule has 2 atom stereocenters. The predicted octanol–water partition coefficient (Wildman–Crippen LogP) is 4.68. The summed E-state index contributed by atoms with van der Waals surface area (Å²) in [5, 5.41) is 3.49. The molecule has 0 radical (unpaired) electrons. The van der Waals surface area contributed by atoms with Crippen molar-refractivity contribution in [2.24, 2.45) is 0 Å². The highest BCUT2D eigenvalue weighted by atomic mass is 28.4. The number of ketones is 1. The maximum Gasteiger partial charge on any atom is 0.193 e. The van der Waals surface area contributed by atoms with Crippen LogP contribution in [-0.4, -0.2) is 57.9 Å². The quantitative estimate of drug-likeness (QED) is 0.427. The van der Waals surface area contributed by atoms with E-state index in [2.05, 4.69) is 56.7 Å². The van der Waals surface area contributed by atoms with Crippen LogP contribution in [0.4, 0.5) is 0 Å². The number of hydrogen-bond donors (Lipinski definition) is 1. The maximum absolute atomic E-state index is 12.1. The lowest BCUT2D eigenvalue weighted by Crippen LogP contribution is -2.50. The molecule has 0 aliphatic carbocycles. The molecular formula is C25H40N2O4Si. The SMILES string of the molecule is C=C(N[C@H](CN1CCCC1)[C@H](O[Si](C)(C)C(C)(C)C)c1ccc2c(c1)OCCO2)C(C)=O. The first-order valence-corrected chi connectivity index (χ1v) is 14.6. The number of fused-ring (bicyclic) bond motifs is 1. The second kappa shape index (κ2) is 9.97. The Bertz CT molecular complexity index is 828. The molecule has 178 valence electrons. The Kier molecular flexibility index (Phi) is 7.73. The van der Waals surface area contributed by atoms with E-state index in [0.717, 1.165) is 36.7 Å². The van der Waals surface area contributed by atoms with E-state index in [0.29, 0.717) is 18.9 Å². The number of benzene rings is 1. The largest absolute Gasteiger partial charge is 0.486 e. The zero-order valence-corrected chi connectivity index (χ0v) is 21.6. The molecule has 1 aromatic carbocycles. The highest BCUT2D eigenvalue weighted by Gasteiger charge is 2.42. The predicted molar refractivity (Wildman–Crippen MR) is 131 cm³/mol. The standard InChI is InChI=1S/C25H40N2O4Si/c1-18(19(2)28)26-21(17-27-12-8-9-13-27)24(31-32(6,7)25(3,4)5)20-10-11-22-23(16-20)30-15-14-29-22/h10-11,16,21,24,26H,1,8-9,12-15,17H2,2-7H3/t21-,24-/m1/s1. The molecule has 0 bridgehead atoms. The van der Waals surface area contributed by atoms with E-state index in [9.17, 15) is 4.79 Å². The number of likely N-dealkylation sites (tertiary alicyclic amines) is 1. The van der Waals surface area contributed by atoms with Crippen LogP contribution in [0.2, 0.25) is 18.1 Å². The first-order chi connectivity index (χ1) is 15.0.